The number of carboxylic acids is 1. The second-order valence-electron chi connectivity index (χ2n) is 11.1. The van der Waals surface area contributed by atoms with Crippen LogP contribution in [0.2, 0.25) is 0 Å². The zero-order valence-electron chi connectivity index (χ0n) is 25.0. The van der Waals surface area contributed by atoms with Gasteiger partial charge in [0.15, 0.2) is 0 Å². The number of hydrogen-bond acceptors (Lipinski definition) is 6. The largest absolute Gasteiger partial charge is 0.481 e. The van der Waals surface area contributed by atoms with Crippen molar-refractivity contribution >= 4 is 35.0 Å². The van der Waals surface area contributed by atoms with E-state index in [9.17, 15) is 27.9 Å². The number of aliphatic carboxylic acids is 1. The fraction of sp³-hybridized carbons (Fsp3) is 0.286. The highest BCUT2D eigenvalue weighted by Crippen LogP contribution is 2.36. The predicted octanol–water partition coefficient (Wildman–Crippen LogP) is 7.80. The highest BCUT2D eigenvalue weighted by Gasteiger charge is 2.31. The molecule has 0 bridgehead atoms. The summed E-state index contributed by atoms with van der Waals surface area (Å²) in [5.41, 5.74) is 3.44. The van der Waals surface area contributed by atoms with Gasteiger partial charge in [0.2, 0.25) is 0 Å². The van der Waals surface area contributed by atoms with Crippen molar-refractivity contribution in [1.82, 2.24) is 4.98 Å². The van der Waals surface area contributed by atoms with Crippen molar-refractivity contribution in [2.24, 2.45) is 0 Å². The molecule has 3 N–H and O–H groups in total. The van der Waals surface area contributed by atoms with E-state index in [1.54, 1.807) is 30.3 Å². The monoisotopic (exact) mass is 649 g/mol. The van der Waals surface area contributed by atoms with E-state index in [-0.39, 0.29) is 17.9 Å². The van der Waals surface area contributed by atoms with Gasteiger partial charge in [0.1, 0.15) is 6.10 Å². The van der Waals surface area contributed by atoms with Gasteiger partial charge in [-0.2, -0.15) is 24.9 Å². The van der Waals surface area contributed by atoms with Gasteiger partial charge in [-0.1, -0.05) is 24.3 Å². The van der Waals surface area contributed by atoms with Crippen molar-refractivity contribution in [3.05, 3.63) is 113 Å². The molecule has 0 spiro atoms. The number of thioether (sulfide) groups is 1. The molecular weight excluding hydrogens is 615 g/mol. The Kier molecular flexibility index (Phi) is 10.6. The van der Waals surface area contributed by atoms with Gasteiger partial charge in [0, 0.05) is 47.6 Å². The van der Waals surface area contributed by atoms with Gasteiger partial charge in [-0.15, -0.1) is 0 Å². The Balaban J connectivity index is 1.44. The van der Waals surface area contributed by atoms with Crippen molar-refractivity contribution in [3.63, 3.8) is 0 Å². The number of amides is 1. The van der Waals surface area contributed by atoms with Gasteiger partial charge >= 0.3 is 12.1 Å². The van der Waals surface area contributed by atoms with Crippen LogP contribution < -0.4 is 10.2 Å². The first-order valence-corrected chi connectivity index (χ1v) is 16.1. The van der Waals surface area contributed by atoms with Crippen LogP contribution in [-0.2, 0) is 16.7 Å². The molecule has 1 aromatic heterocycles. The third kappa shape index (κ3) is 8.46. The zero-order chi connectivity index (χ0) is 32.7. The second-order valence-corrected chi connectivity index (χ2v) is 12.2. The van der Waals surface area contributed by atoms with E-state index in [2.05, 4.69) is 15.2 Å². The van der Waals surface area contributed by atoms with Crippen LogP contribution in [0.5, 0.6) is 0 Å². The van der Waals surface area contributed by atoms with Crippen molar-refractivity contribution in [3.8, 4) is 11.3 Å². The number of aliphatic hydroxyl groups is 1. The molecule has 4 aromatic rings. The number of aromatic nitrogens is 1. The van der Waals surface area contributed by atoms with Gasteiger partial charge in [0.25, 0.3) is 5.91 Å². The highest BCUT2D eigenvalue weighted by atomic mass is 32.2. The van der Waals surface area contributed by atoms with Crippen LogP contribution in [0.3, 0.4) is 0 Å². The molecule has 5 rings (SSSR count). The summed E-state index contributed by atoms with van der Waals surface area (Å²) in [4.78, 5) is 31.1. The molecule has 1 saturated heterocycles. The molecule has 11 heteroatoms. The van der Waals surface area contributed by atoms with Crippen LogP contribution in [0.1, 0.15) is 64.4 Å². The molecule has 7 nitrogen and oxygen atoms in total. The van der Waals surface area contributed by atoms with E-state index in [4.69, 9.17) is 5.11 Å². The maximum Gasteiger partial charge on any atom is 0.416 e. The normalized spacial score (nSPS) is 14.1. The third-order valence-electron chi connectivity index (χ3n) is 7.80. The Morgan fingerprint density at radius 1 is 0.935 bits per heavy atom. The van der Waals surface area contributed by atoms with Gasteiger partial charge < -0.3 is 20.4 Å². The van der Waals surface area contributed by atoms with E-state index < -0.39 is 23.8 Å². The predicted molar refractivity (Wildman–Crippen MR) is 174 cm³/mol. The third-order valence-corrected chi connectivity index (χ3v) is 8.83. The Labute approximate surface area is 269 Å². The van der Waals surface area contributed by atoms with Gasteiger partial charge in [-0.05, 0) is 90.6 Å². The maximum absolute atomic E-state index is 13.5. The lowest BCUT2D eigenvalue weighted by Gasteiger charge is -2.29. The van der Waals surface area contributed by atoms with Crippen molar-refractivity contribution in [2.45, 2.75) is 43.7 Å². The minimum absolute atomic E-state index is 0.0627. The fourth-order valence-electron chi connectivity index (χ4n) is 5.39. The molecule has 240 valence electrons. The van der Waals surface area contributed by atoms with Crippen molar-refractivity contribution in [2.75, 3.05) is 29.1 Å². The average molecular weight is 650 g/mol. The zero-order valence-corrected chi connectivity index (χ0v) is 25.8. The molecule has 0 saturated carbocycles. The maximum atomic E-state index is 13.5. The van der Waals surface area contributed by atoms with Crippen LogP contribution in [0.15, 0.2) is 85.1 Å². The van der Waals surface area contributed by atoms with Gasteiger partial charge in [-0.3, -0.25) is 14.6 Å². The average Bonchev–Trinajstić information content (AvgIpc) is 3.06. The van der Waals surface area contributed by atoms with Gasteiger partial charge in [0.05, 0.1) is 23.4 Å². The molecule has 3 aromatic carbocycles. The summed E-state index contributed by atoms with van der Waals surface area (Å²) in [7, 11) is 0. The summed E-state index contributed by atoms with van der Waals surface area (Å²) in [6.45, 7) is 1.79. The second kappa shape index (κ2) is 14.8. The number of rotatable bonds is 11. The topological polar surface area (TPSA) is 103 Å². The number of benzene rings is 3. The SMILES string of the molecule is O=C(O)CCSCc1cccc(C(=O)Nc2ccc(N3CCCCC3)cc2-c2cc(C(O)c3cccc(C(F)(F)F)c3)ccn2)c1. The molecule has 1 atom stereocenters. The number of hydrogen-bond donors (Lipinski definition) is 3. The number of carbonyl (C=O) groups is 2. The molecule has 1 fully saturated rings. The fourth-order valence-corrected chi connectivity index (χ4v) is 6.27. The summed E-state index contributed by atoms with van der Waals surface area (Å²) in [6.07, 6.45) is -1.03. The molecule has 1 unspecified atom stereocenters. The first kappa shape index (κ1) is 33.0. The van der Waals surface area contributed by atoms with Crippen molar-refractivity contribution < 1.29 is 33.0 Å². The molecule has 0 radical (unpaired) electrons. The van der Waals surface area contributed by atoms with Crippen LogP contribution in [0, 0.1) is 0 Å². The summed E-state index contributed by atoms with van der Waals surface area (Å²) in [6, 6.07) is 20.6. The Morgan fingerprint density at radius 3 is 2.46 bits per heavy atom. The minimum Gasteiger partial charge on any atom is -0.481 e. The standard InChI is InChI=1S/C35H34F3N3O4S/c36-35(37,38)27-9-5-7-24(19-27)33(44)25-12-14-39-31(20-25)29-21-28(41-15-2-1-3-16-41)10-11-30(29)40-34(45)26-8-4-6-23(18-26)22-46-17-13-32(42)43/h4-12,14,18-21,33,44H,1-3,13,15-17,22H2,(H,40,45)(H,42,43). The number of anilines is 2. The molecule has 1 aliphatic heterocycles. The number of alkyl halides is 3. The molecule has 2 heterocycles. The smallest absolute Gasteiger partial charge is 0.416 e. The molecule has 1 amide bonds. The lowest BCUT2D eigenvalue weighted by atomic mass is 9.98. The summed E-state index contributed by atoms with van der Waals surface area (Å²) in [5, 5.41) is 23.0. The summed E-state index contributed by atoms with van der Waals surface area (Å²) in [5.74, 6) is -0.167. The highest BCUT2D eigenvalue weighted by molar-refractivity contribution is 7.98. The number of halogens is 3. The quantitative estimate of drug-likeness (QED) is 0.143. The number of pyridine rings is 1. The molecular formula is C35H34F3N3O4S. The van der Waals surface area contributed by atoms with Crippen LogP contribution in [0.25, 0.3) is 11.3 Å². The molecule has 46 heavy (non-hydrogen) atoms. The van der Waals surface area contributed by atoms with E-state index in [0.717, 1.165) is 55.7 Å². The lowest BCUT2D eigenvalue weighted by Crippen LogP contribution is -2.29. The number of aliphatic hydroxyl groups excluding tert-OH is 1. The number of carboxylic acid groups (broad SMARTS) is 1. The first-order chi connectivity index (χ1) is 22.1. The van der Waals surface area contributed by atoms with Crippen LogP contribution >= 0.6 is 11.8 Å². The number of nitrogens with one attached hydrogen (secondary N) is 1. The van der Waals surface area contributed by atoms with Gasteiger partial charge in [-0.25, -0.2) is 0 Å². The van der Waals surface area contributed by atoms with E-state index in [0.29, 0.717) is 39.6 Å². The first-order valence-electron chi connectivity index (χ1n) is 15.0. The Hall–Kier alpha value is -4.35. The van der Waals surface area contributed by atoms with Crippen molar-refractivity contribution in [1.29, 1.82) is 0 Å². The van der Waals surface area contributed by atoms with Crippen LogP contribution in [-0.4, -0.2) is 45.9 Å². The summed E-state index contributed by atoms with van der Waals surface area (Å²) < 4.78 is 40.0. The minimum atomic E-state index is -4.54. The molecule has 1 aliphatic rings. The van der Waals surface area contributed by atoms with E-state index >= 15 is 0 Å². The lowest BCUT2D eigenvalue weighted by molar-refractivity contribution is -0.138. The van der Waals surface area contributed by atoms with E-state index in [1.807, 2.05) is 24.3 Å². The number of piperidine rings is 1. The summed E-state index contributed by atoms with van der Waals surface area (Å²) >= 11 is 1.48. The number of nitrogens with zero attached hydrogens (tertiary/aromatic N) is 2. The molecule has 0 aliphatic carbocycles. The van der Waals surface area contributed by atoms with Crippen LogP contribution in [0.4, 0.5) is 24.5 Å². The Bertz CT molecular complexity index is 1690. The Morgan fingerprint density at radius 2 is 1.70 bits per heavy atom. The van der Waals surface area contributed by atoms with E-state index in [1.165, 1.54) is 30.1 Å². The number of carbonyl (C=O) groups excluding carboxylic acids is 1.